The van der Waals surface area contributed by atoms with Crippen LogP contribution in [0.4, 0.5) is 0 Å². The molecule has 1 atom stereocenters. The first kappa shape index (κ1) is 14.5. The first-order valence-corrected chi connectivity index (χ1v) is 8.43. The zero-order valence-electron chi connectivity index (χ0n) is 11.7. The second-order valence-electron chi connectivity index (χ2n) is 5.75. The summed E-state index contributed by atoms with van der Waals surface area (Å²) in [5, 5.41) is 0.834. The van der Waals surface area contributed by atoms with Gasteiger partial charge < -0.3 is 4.74 Å². The molecule has 1 saturated heterocycles. The van der Waals surface area contributed by atoms with Gasteiger partial charge in [-0.1, -0.05) is 11.6 Å². The molecule has 2 aliphatic heterocycles. The van der Waals surface area contributed by atoms with Crippen LogP contribution in [-0.4, -0.2) is 30.0 Å². The first-order valence-electron chi connectivity index (χ1n) is 7.52. The van der Waals surface area contributed by atoms with E-state index in [1.807, 2.05) is 6.07 Å². The molecule has 1 aromatic carbocycles. The lowest BCUT2D eigenvalue weighted by atomic mass is 10.1. The molecule has 2 nitrogen and oxygen atoms in total. The molecule has 0 amide bonds. The zero-order valence-corrected chi connectivity index (χ0v) is 13.2. The van der Waals surface area contributed by atoms with Gasteiger partial charge in [0.1, 0.15) is 5.75 Å². The summed E-state index contributed by atoms with van der Waals surface area (Å²) in [7, 11) is 0. The van der Waals surface area contributed by atoms with Gasteiger partial charge in [0.05, 0.1) is 6.61 Å². The van der Waals surface area contributed by atoms with Crippen LogP contribution < -0.4 is 4.74 Å². The van der Waals surface area contributed by atoms with Crippen LogP contribution in [0.2, 0.25) is 5.02 Å². The summed E-state index contributed by atoms with van der Waals surface area (Å²) >= 11 is 12.1. The number of rotatable bonds is 5. The Morgan fingerprint density at radius 2 is 2.25 bits per heavy atom. The van der Waals surface area contributed by atoms with Crippen LogP contribution in [0.15, 0.2) is 12.1 Å². The van der Waals surface area contributed by atoms with Crippen molar-refractivity contribution in [2.24, 2.45) is 0 Å². The number of benzene rings is 1. The van der Waals surface area contributed by atoms with Crippen molar-refractivity contribution in [3.63, 3.8) is 0 Å². The molecule has 1 fully saturated rings. The molecule has 2 aliphatic rings. The number of likely N-dealkylation sites (tertiary alicyclic amines) is 1. The third-order valence-electron chi connectivity index (χ3n) is 4.37. The summed E-state index contributed by atoms with van der Waals surface area (Å²) in [6.45, 7) is 2.92. The summed E-state index contributed by atoms with van der Waals surface area (Å²) in [4.78, 5) is 2.57. The average molecular weight is 314 g/mol. The molecule has 4 heteroatoms. The monoisotopic (exact) mass is 313 g/mol. The molecule has 0 radical (unpaired) electrons. The highest BCUT2D eigenvalue weighted by atomic mass is 35.5. The van der Waals surface area contributed by atoms with Crippen molar-refractivity contribution in [1.29, 1.82) is 0 Å². The number of halogens is 2. The maximum absolute atomic E-state index is 6.24. The van der Waals surface area contributed by atoms with Gasteiger partial charge in [0.25, 0.3) is 0 Å². The lowest BCUT2D eigenvalue weighted by Gasteiger charge is -2.25. The minimum Gasteiger partial charge on any atom is -0.493 e. The molecule has 0 spiro atoms. The topological polar surface area (TPSA) is 12.5 Å². The van der Waals surface area contributed by atoms with Crippen LogP contribution in [0.3, 0.4) is 0 Å². The van der Waals surface area contributed by atoms with E-state index in [-0.39, 0.29) is 0 Å². The molecule has 0 saturated carbocycles. The van der Waals surface area contributed by atoms with Crippen LogP contribution in [-0.2, 0) is 13.0 Å². The minimum absolute atomic E-state index is 0.671. The van der Waals surface area contributed by atoms with E-state index < -0.39 is 0 Å². The summed E-state index contributed by atoms with van der Waals surface area (Å²) in [6.07, 6.45) is 5.87. The fourth-order valence-corrected chi connectivity index (χ4v) is 3.84. The Morgan fingerprint density at radius 1 is 1.35 bits per heavy atom. The number of fused-ring (bicyclic) bond motifs is 1. The Bertz CT molecular complexity index is 478. The number of hydrogen-bond acceptors (Lipinski definition) is 2. The summed E-state index contributed by atoms with van der Waals surface area (Å²) in [5.74, 6) is 1.84. The van der Waals surface area contributed by atoms with Gasteiger partial charge in [-0.05, 0) is 49.9 Å². The van der Waals surface area contributed by atoms with E-state index in [1.165, 1.54) is 36.9 Å². The standard InChI is InChI=1S/C16H21Cl2NO/c17-6-1-3-15-4-2-7-19(15)11-13-10-14(18)9-12-5-8-20-16(12)13/h9-10,15H,1-8,11H2. The Hall–Kier alpha value is -0.440. The van der Waals surface area contributed by atoms with Gasteiger partial charge in [0.15, 0.2) is 0 Å². The van der Waals surface area contributed by atoms with E-state index in [2.05, 4.69) is 11.0 Å². The van der Waals surface area contributed by atoms with Gasteiger partial charge in [-0.2, -0.15) is 0 Å². The van der Waals surface area contributed by atoms with Gasteiger partial charge >= 0.3 is 0 Å². The van der Waals surface area contributed by atoms with Crippen molar-refractivity contribution < 1.29 is 4.74 Å². The van der Waals surface area contributed by atoms with Crippen molar-refractivity contribution in [3.8, 4) is 5.75 Å². The Morgan fingerprint density at radius 3 is 3.10 bits per heavy atom. The third-order valence-corrected chi connectivity index (χ3v) is 4.85. The van der Waals surface area contributed by atoms with Gasteiger partial charge in [-0.25, -0.2) is 0 Å². The molecule has 3 rings (SSSR count). The number of nitrogens with zero attached hydrogens (tertiary/aromatic N) is 1. The van der Waals surface area contributed by atoms with E-state index in [4.69, 9.17) is 27.9 Å². The van der Waals surface area contributed by atoms with E-state index in [9.17, 15) is 0 Å². The van der Waals surface area contributed by atoms with Gasteiger partial charge in [-0.3, -0.25) is 4.90 Å². The number of alkyl halides is 1. The fraction of sp³-hybridized carbons (Fsp3) is 0.625. The van der Waals surface area contributed by atoms with Crippen LogP contribution in [0.5, 0.6) is 5.75 Å². The molecule has 0 aliphatic carbocycles. The Labute approximate surface area is 131 Å². The zero-order chi connectivity index (χ0) is 13.9. The van der Waals surface area contributed by atoms with Crippen molar-refractivity contribution in [2.45, 2.75) is 44.7 Å². The lowest BCUT2D eigenvalue weighted by Crippen LogP contribution is -2.29. The van der Waals surface area contributed by atoms with E-state index in [0.717, 1.165) is 42.6 Å². The van der Waals surface area contributed by atoms with E-state index in [0.29, 0.717) is 6.04 Å². The number of ether oxygens (including phenoxy) is 1. The number of hydrogen-bond donors (Lipinski definition) is 0. The van der Waals surface area contributed by atoms with E-state index in [1.54, 1.807) is 0 Å². The summed E-state index contributed by atoms with van der Waals surface area (Å²) < 4.78 is 5.80. The molecule has 0 N–H and O–H groups in total. The van der Waals surface area contributed by atoms with Crippen LogP contribution in [0.1, 0.15) is 36.8 Å². The molecular weight excluding hydrogens is 293 g/mol. The van der Waals surface area contributed by atoms with Gasteiger partial charge in [0, 0.05) is 35.5 Å². The SMILES string of the molecule is ClCCCC1CCCN1Cc1cc(Cl)cc2c1OCC2. The maximum Gasteiger partial charge on any atom is 0.127 e. The second kappa shape index (κ2) is 6.55. The van der Waals surface area contributed by atoms with Crippen molar-refractivity contribution >= 4 is 23.2 Å². The molecule has 110 valence electrons. The normalized spacial score (nSPS) is 22.0. The lowest BCUT2D eigenvalue weighted by molar-refractivity contribution is 0.230. The first-order chi connectivity index (χ1) is 9.78. The van der Waals surface area contributed by atoms with Gasteiger partial charge in [-0.15, -0.1) is 11.6 Å². The van der Waals surface area contributed by atoms with Crippen molar-refractivity contribution in [3.05, 3.63) is 28.3 Å². The minimum atomic E-state index is 0.671. The quantitative estimate of drug-likeness (QED) is 0.753. The molecule has 0 bridgehead atoms. The predicted molar refractivity (Wildman–Crippen MR) is 84.0 cm³/mol. The average Bonchev–Trinajstić information content (AvgIpc) is 3.05. The smallest absolute Gasteiger partial charge is 0.127 e. The Kier molecular flexibility index (Phi) is 4.75. The largest absolute Gasteiger partial charge is 0.493 e. The summed E-state index contributed by atoms with van der Waals surface area (Å²) in [5.41, 5.74) is 2.52. The van der Waals surface area contributed by atoms with E-state index >= 15 is 0 Å². The van der Waals surface area contributed by atoms with Crippen molar-refractivity contribution in [1.82, 2.24) is 4.90 Å². The Balaban J connectivity index is 1.74. The maximum atomic E-state index is 6.24. The highest BCUT2D eigenvalue weighted by molar-refractivity contribution is 6.30. The van der Waals surface area contributed by atoms with Crippen LogP contribution >= 0.6 is 23.2 Å². The second-order valence-corrected chi connectivity index (χ2v) is 6.56. The predicted octanol–water partition coefficient (Wildman–Crippen LogP) is 4.26. The van der Waals surface area contributed by atoms with Crippen LogP contribution in [0.25, 0.3) is 0 Å². The highest BCUT2D eigenvalue weighted by Crippen LogP contribution is 2.35. The molecule has 20 heavy (non-hydrogen) atoms. The molecular formula is C16H21Cl2NO. The van der Waals surface area contributed by atoms with Crippen LogP contribution in [0, 0.1) is 0 Å². The third kappa shape index (κ3) is 3.08. The molecule has 2 heterocycles. The molecule has 0 aromatic heterocycles. The summed E-state index contributed by atoms with van der Waals surface area (Å²) in [6, 6.07) is 4.79. The fourth-order valence-electron chi connectivity index (χ4n) is 3.43. The molecule has 1 aromatic rings. The van der Waals surface area contributed by atoms with Gasteiger partial charge in [0.2, 0.25) is 0 Å². The molecule has 1 unspecified atom stereocenters. The highest BCUT2D eigenvalue weighted by Gasteiger charge is 2.26. The van der Waals surface area contributed by atoms with Crippen molar-refractivity contribution in [2.75, 3.05) is 19.0 Å².